The summed E-state index contributed by atoms with van der Waals surface area (Å²) in [5.74, 6) is 2.00. The molecule has 1 aromatic rings. The van der Waals surface area contributed by atoms with Gasteiger partial charge in [-0.3, -0.25) is 0 Å². The van der Waals surface area contributed by atoms with E-state index in [1.807, 2.05) is 12.1 Å². The zero-order valence-electron chi connectivity index (χ0n) is 11.2. The maximum absolute atomic E-state index is 5.83. The van der Waals surface area contributed by atoms with Gasteiger partial charge in [0.15, 0.2) is 0 Å². The third-order valence-electron chi connectivity index (χ3n) is 3.23. The number of rotatable bonds is 6. The van der Waals surface area contributed by atoms with Crippen molar-refractivity contribution in [3.05, 3.63) is 53.8 Å². The Kier molecular flexibility index (Phi) is 5.07. The Hall–Kier alpha value is -1.50. The molecule has 1 heterocycles. The number of fused-ring (bicyclic) bond motifs is 1. The first-order valence-electron chi connectivity index (χ1n) is 7.02. The van der Waals surface area contributed by atoms with Gasteiger partial charge >= 0.3 is 0 Å². The van der Waals surface area contributed by atoms with Crippen LogP contribution >= 0.6 is 0 Å². The second kappa shape index (κ2) is 7.05. The van der Waals surface area contributed by atoms with E-state index in [0.29, 0.717) is 0 Å². The maximum atomic E-state index is 5.83. The van der Waals surface area contributed by atoms with Crippen molar-refractivity contribution in [2.45, 2.75) is 45.4 Å². The monoisotopic (exact) mass is 242 g/mol. The molecule has 1 heteroatoms. The average Bonchev–Trinajstić information content (AvgIpc) is 2.42. The van der Waals surface area contributed by atoms with E-state index in [2.05, 4.69) is 37.3 Å². The molecule has 1 nitrogen and oxygen atoms in total. The van der Waals surface area contributed by atoms with Crippen LogP contribution in [-0.2, 0) is 6.42 Å². The number of hydrogen-bond donors (Lipinski definition) is 0. The molecule has 1 aromatic carbocycles. The standard InChI is InChI=1S/C17H22O/c1-2-3-4-5-6-7-11-16-14-13-15-10-8-9-12-17(15)18-16/h7-12,14H,2-6,13H2,1H3/b11-7+. The van der Waals surface area contributed by atoms with Crippen molar-refractivity contribution < 1.29 is 4.74 Å². The lowest BCUT2D eigenvalue weighted by Gasteiger charge is -2.15. The molecule has 0 aromatic heterocycles. The van der Waals surface area contributed by atoms with Crippen LogP contribution in [0.3, 0.4) is 0 Å². The molecule has 0 atom stereocenters. The van der Waals surface area contributed by atoms with Gasteiger partial charge in [-0.15, -0.1) is 0 Å². The van der Waals surface area contributed by atoms with Crippen LogP contribution in [0, 0.1) is 0 Å². The highest BCUT2D eigenvalue weighted by Gasteiger charge is 2.08. The largest absolute Gasteiger partial charge is 0.457 e. The SMILES string of the molecule is CCCCCC/C=C/C1=CCc2ccccc2O1. The molecular weight excluding hydrogens is 220 g/mol. The van der Waals surface area contributed by atoms with Gasteiger partial charge in [0.05, 0.1) is 0 Å². The predicted molar refractivity (Wildman–Crippen MR) is 76.8 cm³/mol. The highest BCUT2D eigenvalue weighted by Crippen LogP contribution is 2.26. The fourth-order valence-corrected chi connectivity index (χ4v) is 2.14. The molecule has 96 valence electrons. The van der Waals surface area contributed by atoms with Crippen molar-refractivity contribution in [3.63, 3.8) is 0 Å². The van der Waals surface area contributed by atoms with Crippen LogP contribution in [0.4, 0.5) is 0 Å². The number of benzene rings is 1. The summed E-state index contributed by atoms with van der Waals surface area (Å²) in [6.45, 7) is 2.24. The lowest BCUT2D eigenvalue weighted by molar-refractivity contribution is 0.428. The first-order chi connectivity index (χ1) is 8.90. The van der Waals surface area contributed by atoms with E-state index in [1.54, 1.807) is 0 Å². The Morgan fingerprint density at radius 3 is 2.94 bits per heavy atom. The average molecular weight is 242 g/mol. The molecule has 1 aliphatic rings. The van der Waals surface area contributed by atoms with Crippen molar-refractivity contribution in [2.75, 3.05) is 0 Å². The van der Waals surface area contributed by atoms with E-state index in [1.165, 1.54) is 31.2 Å². The topological polar surface area (TPSA) is 9.23 Å². The van der Waals surface area contributed by atoms with E-state index >= 15 is 0 Å². The molecule has 18 heavy (non-hydrogen) atoms. The van der Waals surface area contributed by atoms with Crippen LogP contribution in [0.1, 0.15) is 44.6 Å². The van der Waals surface area contributed by atoms with Crippen molar-refractivity contribution in [3.8, 4) is 5.75 Å². The second-order valence-electron chi connectivity index (χ2n) is 4.77. The zero-order chi connectivity index (χ0) is 12.6. The molecule has 0 bridgehead atoms. The number of hydrogen-bond acceptors (Lipinski definition) is 1. The Labute approximate surface area is 110 Å². The van der Waals surface area contributed by atoms with Gasteiger partial charge in [0.25, 0.3) is 0 Å². The van der Waals surface area contributed by atoms with Gasteiger partial charge in [-0.25, -0.2) is 0 Å². The smallest absolute Gasteiger partial charge is 0.130 e. The van der Waals surface area contributed by atoms with E-state index < -0.39 is 0 Å². The Bertz CT molecular complexity index is 429. The summed E-state index contributed by atoms with van der Waals surface area (Å²) < 4.78 is 5.83. The predicted octanol–water partition coefficient (Wildman–Crippen LogP) is 5.03. The van der Waals surface area contributed by atoms with Crippen molar-refractivity contribution in [2.24, 2.45) is 0 Å². The number of ether oxygens (including phenoxy) is 1. The fourth-order valence-electron chi connectivity index (χ4n) is 2.14. The molecule has 0 amide bonds. The fraction of sp³-hybridized carbons (Fsp3) is 0.412. The molecule has 0 N–H and O–H groups in total. The summed E-state index contributed by atoms with van der Waals surface area (Å²) in [7, 11) is 0. The maximum Gasteiger partial charge on any atom is 0.130 e. The molecule has 0 fully saturated rings. The highest BCUT2D eigenvalue weighted by atomic mass is 16.5. The summed E-state index contributed by atoms with van der Waals surface area (Å²) in [6, 6.07) is 8.25. The minimum absolute atomic E-state index is 0.978. The van der Waals surface area contributed by atoms with Crippen molar-refractivity contribution >= 4 is 0 Å². The number of unbranched alkanes of at least 4 members (excludes halogenated alkanes) is 4. The lowest BCUT2D eigenvalue weighted by Crippen LogP contribution is -2.02. The summed E-state index contributed by atoms with van der Waals surface area (Å²) in [5.41, 5.74) is 1.28. The third-order valence-corrected chi connectivity index (χ3v) is 3.23. The van der Waals surface area contributed by atoms with E-state index in [4.69, 9.17) is 4.74 Å². The molecule has 0 unspecified atom stereocenters. The molecule has 0 saturated carbocycles. The van der Waals surface area contributed by atoms with Crippen LogP contribution < -0.4 is 4.74 Å². The molecule has 0 spiro atoms. The molecule has 1 aliphatic heterocycles. The van der Waals surface area contributed by atoms with E-state index in [-0.39, 0.29) is 0 Å². The number of allylic oxidation sites excluding steroid dienone is 3. The van der Waals surface area contributed by atoms with E-state index in [9.17, 15) is 0 Å². The second-order valence-corrected chi connectivity index (χ2v) is 4.77. The zero-order valence-corrected chi connectivity index (χ0v) is 11.2. The first-order valence-corrected chi connectivity index (χ1v) is 7.02. The van der Waals surface area contributed by atoms with Crippen LogP contribution in [0.5, 0.6) is 5.75 Å². The van der Waals surface area contributed by atoms with Gasteiger partial charge < -0.3 is 4.74 Å². The minimum Gasteiger partial charge on any atom is -0.457 e. The summed E-state index contributed by atoms with van der Waals surface area (Å²) in [4.78, 5) is 0. The Balaban J connectivity index is 1.78. The van der Waals surface area contributed by atoms with Gasteiger partial charge in [-0.1, -0.05) is 50.5 Å². The summed E-state index contributed by atoms with van der Waals surface area (Å²) in [5, 5.41) is 0. The van der Waals surface area contributed by atoms with Gasteiger partial charge in [-0.05, 0) is 43.0 Å². The van der Waals surface area contributed by atoms with Crippen LogP contribution in [0.25, 0.3) is 0 Å². The lowest BCUT2D eigenvalue weighted by atomic mass is 10.1. The van der Waals surface area contributed by atoms with Crippen LogP contribution in [0.2, 0.25) is 0 Å². The van der Waals surface area contributed by atoms with Gasteiger partial charge in [-0.2, -0.15) is 0 Å². The minimum atomic E-state index is 0.978. The van der Waals surface area contributed by atoms with Crippen molar-refractivity contribution in [1.29, 1.82) is 0 Å². The van der Waals surface area contributed by atoms with Crippen LogP contribution in [0.15, 0.2) is 48.3 Å². The van der Waals surface area contributed by atoms with Gasteiger partial charge in [0.1, 0.15) is 11.5 Å². The Morgan fingerprint density at radius 2 is 2.06 bits per heavy atom. The normalized spacial score (nSPS) is 14.2. The van der Waals surface area contributed by atoms with Gasteiger partial charge in [0.2, 0.25) is 0 Å². The van der Waals surface area contributed by atoms with Crippen molar-refractivity contribution in [1.82, 2.24) is 0 Å². The highest BCUT2D eigenvalue weighted by molar-refractivity contribution is 5.40. The molecule has 2 rings (SSSR count). The quantitative estimate of drug-likeness (QED) is 0.635. The first kappa shape index (κ1) is 12.9. The molecular formula is C17H22O. The Morgan fingerprint density at radius 1 is 1.17 bits per heavy atom. The molecule has 0 aliphatic carbocycles. The van der Waals surface area contributed by atoms with Gasteiger partial charge in [0, 0.05) is 0 Å². The third kappa shape index (κ3) is 3.76. The number of para-hydroxylation sites is 1. The molecule has 0 saturated heterocycles. The molecule has 0 radical (unpaired) electrons. The van der Waals surface area contributed by atoms with E-state index in [0.717, 1.165) is 24.4 Å². The summed E-state index contributed by atoms with van der Waals surface area (Å²) >= 11 is 0. The van der Waals surface area contributed by atoms with Crippen LogP contribution in [-0.4, -0.2) is 0 Å². The summed E-state index contributed by atoms with van der Waals surface area (Å²) in [6.07, 6.45) is 13.9.